The molecule has 3 nitrogen and oxygen atoms in total. The predicted molar refractivity (Wildman–Crippen MR) is 139 cm³/mol. The second kappa shape index (κ2) is 8.87. The Hall–Kier alpha value is -1.99. The van der Waals surface area contributed by atoms with Crippen molar-refractivity contribution in [3.05, 3.63) is 53.6 Å². The molecular weight excluding hydrogens is 416 g/mol. The molecule has 0 aliphatic heterocycles. The van der Waals surface area contributed by atoms with Crippen molar-refractivity contribution < 1.29 is 14.0 Å². The minimum atomic E-state index is -1.96. The van der Waals surface area contributed by atoms with Gasteiger partial charge in [-0.05, 0) is 71.7 Å². The summed E-state index contributed by atoms with van der Waals surface area (Å²) in [4.78, 5) is 0. The fraction of sp³-hybridized carbons (Fsp3) is 0.462. The molecule has 0 fully saturated rings. The van der Waals surface area contributed by atoms with Crippen LogP contribution in [0.1, 0.15) is 52.7 Å². The zero-order chi connectivity index (χ0) is 23.7. The van der Waals surface area contributed by atoms with Crippen molar-refractivity contribution in [3.63, 3.8) is 0 Å². The Morgan fingerprint density at radius 2 is 1.10 bits per heavy atom. The smallest absolute Gasteiger partial charge is 0.250 e. The van der Waals surface area contributed by atoms with Crippen molar-refractivity contribution in [1.82, 2.24) is 0 Å². The molecule has 0 unspecified atom stereocenters. The summed E-state index contributed by atoms with van der Waals surface area (Å²) in [5, 5.41) is 10.5. The Labute approximate surface area is 191 Å². The van der Waals surface area contributed by atoms with Crippen LogP contribution in [-0.4, -0.2) is 21.7 Å². The molecule has 0 saturated carbocycles. The van der Waals surface area contributed by atoms with Crippen molar-refractivity contribution >= 4 is 28.8 Å². The molecule has 0 spiro atoms. The fourth-order valence-corrected chi connectivity index (χ4v) is 4.54. The Bertz CT molecular complexity index is 915. The van der Waals surface area contributed by atoms with E-state index in [1.807, 2.05) is 30.4 Å². The van der Waals surface area contributed by atoms with Crippen LogP contribution in [0.5, 0.6) is 17.2 Å². The molecule has 0 aliphatic rings. The fourth-order valence-electron chi connectivity index (χ4n) is 2.50. The minimum absolute atomic E-state index is 0.0999. The van der Waals surface area contributed by atoms with Crippen LogP contribution in [0.25, 0.3) is 12.2 Å². The summed E-state index contributed by atoms with van der Waals surface area (Å²) in [6.45, 7) is 22.3. The van der Waals surface area contributed by atoms with Crippen molar-refractivity contribution in [2.24, 2.45) is 0 Å². The highest BCUT2D eigenvalue weighted by molar-refractivity contribution is 6.75. The van der Waals surface area contributed by atoms with Gasteiger partial charge in [-0.1, -0.05) is 65.8 Å². The lowest BCUT2D eigenvalue weighted by molar-refractivity contribution is 0.461. The first-order valence-corrected chi connectivity index (χ1v) is 16.8. The van der Waals surface area contributed by atoms with E-state index in [0.717, 1.165) is 22.6 Å². The second-order valence-electron chi connectivity index (χ2n) is 11.4. The normalized spacial score (nSPS) is 13.5. The molecule has 0 atom stereocenters. The Morgan fingerprint density at radius 1 is 0.645 bits per heavy atom. The molecule has 0 saturated heterocycles. The molecule has 0 amide bonds. The van der Waals surface area contributed by atoms with Gasteiger partial charge in [0.05, 0.1) is 0 Å². The van der Waals surface area contributed by atoms with Crippen LogP contribution < -0.4 is 8.85 Å². The number of hydrogen-bond acceptors (Lipinski definition) is 3. The van der Waals surface area contributed by atoms with E-state index >= 15 is 0 Å². The Balaban J connectivity index is 2.16. The highest BCUT2D eigenvalue weighted by Gasteiger charge is 2.39. The minimum Gasteiger partial charge on any atom is -0.544 e. The first kappa shape index (κ1) is 25.3. The van der Waals surface area contributed by atoms with Crippen LogP contribution in [0.15, 0.2) is 42.5 Å². The summed E-state index contributed by atoms with van der Waals surface area (Å²) < 4.78 is 12.7. The standard InChI is InChI=1S/C26H40O3Si2/c1-25(2,3)30(7,8)28-23-15-13-20(14-16-23)11-12-21-17-22(27)19-24(18-21)29-31(9,10)26(4,5)6/h11-19,27H,1-10H3/b12-11+. The maximum atomic E-state index is 10.2. The molecule has 31 heavy (non-hydrogen) atoms. The van der Waals surface area contributed by atoms with E-state index in [1.165, 1.54) is 0 Å². The van der Waals surface area contributed by atoms with Gasteiger partial charge in [0, 0.05) is 6.07 Å². The maximum Gasteiger partial charge on any atom is 0.250 e. The molecule has 170 valence electrons. The summed E-state index contributed by atoms with van der Waals surface area (Å²) in [7, 11) is -3.80. The summed E-state index contributed by atoms with van der Waals surface area (Å²) in [6.07, 6.45) is 4.04. The SMILES string of the molecule is CC(C)(C)[Si](C)(C)Oc1ccc(/C=C/c2cc(O)cc(O[Si](C)(C)C(C)(C)C)c2)cc1. The Kier molecular flexibility index (Phi) is 7.23. The lowest BCUT2D eigenvalue weighted by Gasteiger charge is -2.36. The zero-order valence-corrected chi connectivity index (χ0v) is 23.0. The molecule has 0 heterocycles. The monoisotopic (exact) mass is 456 g/mol. The second-order valence-corrected chi connectivity index (χ2v) is 20.8. The van der Waals surface area contributed by atoms with Gasteiger partial charge < -0.3 is 14.0 Å². The summed E-state index contributed by atoms with van der Waals surface area (Å²) in [6, 6.07) is 13.6. The molecule has 0 aliphatic carbocycles. The zero-order valence-electron chi connectivity index (χ0n) is 21.0. The average Bonchev–Trinajstić information content (AvgIpc) is 2.58. The molecule has 0 bridgehead atoms. The predicted octanol–water partition coefficient (Wildman–Crippen LogP) is 8.33. The number of aromatic hydroxyl groups is 1. The number of benzene rings is 2. The van der Waals surface area contributed by atoms with Crippen LogP contribution in [0.3, 0.4) is 0 Å². The van der Waals surface area contributed by atoms with Crippen LogP contribution in [0, 0.1) is 0 Å². The summed E-state index contributed by atoms with van der Waals surface area (Å²) in [5.74, 6) is 1.87. The van der Waals surface area contributed by atoms with Crippen molar-refractivity contribution in [3.8, 4) is 17.2 Å². The van der Waals surface area contributed by atoms with E-state index in [9.17, 15) is 5.11 Å². The van der Waals surface area contributed by atoms with E-state index in [1.54, 1.807) is 12.1 Å². The van der Waals surface area contributed by atoms with Crippen LogP contribution >= 0.6 is 0 Å². The van der Waals surface area contributed by atoms with Crippen molar-refractivity contribution in [2.45, 2.75) is 77.8 Å². The maximum absolute atomic E-state index is 10.2. The van der Waals surface area contributed by atoms with Gasteiger partial charge in [0.1, 0.15) is 17.2 Å². The molecule has 1 N–H and O–H groups in total. The highest BCUT2D eigenvalue weighted by atomic mass is 28.4. The van der Waals surface area contributed by atoms with E-state index in [-0.39, 0.29) is 15.8 Å². The van der Waals surface area contributed by atoms with Gasteiger partial charge in [-0.25, -0.2) is 0 Å². The van der Waals surface area contributed by atoms with Crippen LogP contribution in [-0.2, 0) is 0 Å². The van der Waals surface area contributed by atoms with E-state index in [4.69, 9.17) is 8.85 Å². The lowest BCUT2D eigenvalue weighted by atomic mass is 10.1. The number of phenolic OH excluding ortho intramolecular Hbond substituents is 1. The third kappa shape index (κ3) is 6.75. The third-order valence-electron chi connectivity index (χ3n) is 6.62. The number of hydrogen-bond donors (Lipinski definition) is 1. The number of phenols is 1. The molecular formula is C26H40O3Si2. The third-order valence-corrected chi connectivity index (χ3v) is 15.3. The van der Waals surface area contributed by atoms with Crippen LogP contribution in [0.2, 0.25) is 36.3 Å². The van der Waals surface area contributed by atoms with Gasteiger partial charge >= 0.3 is 0 Å². The lowest BCUT2D eigenvalue weighted by Crippen LogP contribution is -2.43. The van der Waals surface area contributed by atoms with Crippen LogP contribution in [0.4, 0.5) is 0 Å². The summed E-state index contributed by atoms with van der Waals surface area (Å²) >= 11 is 0. The van der Waals surface area contributed by atoms with Gasteiger partial charge in [0.25, 0.3) is 0 Å². The Morgan fingerprint density at radius 3 is 1.58 bits per heavy atom. The van der Waals surface area contributed by atoms with Gasteiger partial charge in [0.15, 0.2) is 0 Å². The van der Waals surface area contributed by atoms with E-state index in [0.29, 0.717) is 0 Å². The summed E-state index contributed by atoms with van der Waals surface area (Å²) in [5.41, 5.74) is 1.99. The van der Waals surface area contributed by atoms with E-state index < -0.39 is 16.6 Å². The molecule has 2 aromatic carbocycles. The topological polar surface area (TPSA) is 38.7 Å². The van der Waals surface area contributed by atoms with Gasteiger partial charge in [-0.2, -0.15) is 0 Å². The molecule has 0 radical (unpaired) electrons. The first-order valence-electron chi connectivity index (χ1n) is 11.0. The molecule has 2 rings (SSSR count). The van der Waals surface area contributed by atoms with E-state index in [2.05, 4.69) is 79.9 Å². The highest BCUT2D eigenvalue weighted by Crippen LogP contribution is 2.39. The van der Waals surface area contributed by atoms with Crippen molar-refractivity contribution in [1.29, 1.82) is 0 Å². The van der Waals surface area contributed by atoms with Gasteiger partial charge in [0.2, 0.25) is 16.6 Å². The first-order chi connectivity index (χ1) is 14.0. The average molecular weight is 457 g/mol. The molecule has 2 aromatic rings. The number of rotatable bonds is 6. The quantitative estimate of drug-likeness (QED) is 0.351. The molecule has 5 heteroatoms. The van der Waals surface area contributed by atoms with Gasteiger partial charge in [-0.3, -0.25) is 0 Å². The van der Waals surface area contributed by atoms with Crippen molar-refractivity contribution in [2.75, 3.05) is 0 Å². The largest absolute Gasteiger partial charge is 0.544 e. The van der Waals surface area contributed by atoms with Gasteiger partial charge in [-0.15, -0.1) is 0 Å². The molecule has 0 aromatic heterocycles.